The molecule has 4 aliphatic rings. The van der Waals surface area contributed by atoms with Gasteiger partial charge in [0.15, 0.2) is 0 Å². The van der Waals surface area contributed by atoms with E-state index in [1.807, 2.05) is 0 Å². The van der Waals surface area contributed by atoms with Crippen molar-refractivity contribution in [2.75, 3.05) is 0 Å². The Labute approximate surface area is 85.0 Å². The minimum atomic E-state index is -0.240. The summed E-state index contributed by atoms with van der Waals surface area (Å²) in [5.74, 6) is 0.571. The molecule has 2 nitrogen and oxygen atoms in total. The molecule has 4 rings (SSSR count). The molecule has 1 spiro atoms. The molecule has 0 aromatic heterocycles. The highest BCUT2D eigenvalue weighted by Crippen LogP contribution is 2.63. The van der Waals surface area contributed by atoms with Crippen LogP contribution in [0.4, 0.5) is 0 Å². The first kappa shape index (κ1) is 8.93. The lowest BCUT2D eigenvalue weighted by Gasteiger charge is -2.51. The van der Waals surface area contributed by atoms with Crippen molar-refractivity contribution in [1.29, 1.82) is 0 Å². The van der Waals surface area contributed by atoms with Gasteiger partial charge in [-0.25, -0.2) is 0 Å². The van der Waals surface area contributed by atoms with Crippen LogP contribution in [-0.4, -0.2) is 22.4 Å². The van der Waals surface area contributed by atoms with E-state index in [1.165, 1.54) is 5.57 Å². The number of ether oxygens (including phenoxy) is 1. The van der Waals surface area contributed by atoms with Crippen LogP contribution in [0.1, 0.15) is 39.5 Å². The van der Waals surface area contributed by atoms with E-state index in [-0.39, 0.29) is 17.3 Å². The van der Waals surface area contributed by atoms with E-state index in [9.17, 15) is 5.11 Å². The zero-order valence-electron chi connectivity index (χ0n) is 8.92. The van der Waals surface area contributed by atoms with Crippen molar-refractivity contribution in [3.8, 4) is 0 Å². The summed E-state index contributed by atoms with van der Waals surface area (Å²) in [6, 6.07) is 0. The van der Waals surface area contributed by atoms with Gasteiger partial charge in [0.2, 0.25) is 0 Å². The summed E-state index contributed by atoms with van der Waals surface area (Å²) in [6.45, 7) is 4.42. The van der Waals surface area contributed by atoms with E-state index in [0.29, 0.717) is 5.92 Å². The first-order chi connectivity index (χ1) is 6.57. The van der Waals surface area contributed by atoms with Gasteiger partial charge in [-0.15, -0.1) is 0 Å². The van der Waals surface area contributed by atoms with Gasteiger partial charge in [0, 0.05) is 0 Å². The third-order valence-corrected chi connectivity index (χ3v) is 4.46. The van der Waals surface area contributed by atoms with E-state index >= 15 is 0 Å². The fraction of sp³-hybridized carbons (Fsp3) is 0.833. The van der Waals surface area contributed by atoms with Crippen molar-refractivity contribution in [1.82, 2.24) is 0 Å². The molecular weight excluding hydrogens is 176 g/mol. The SMILES string of the molecule is CC1CCC(O)C=C2C3(C)CCC21O3. The molecule has 0 radical (unpaired) electrons. The van der Waals surface area contributed by atoms with Crippen LogP contribution >= 0.6 is 0 Å². The summed E-state index contributed by atoms with van der Waals surface area (Å²) in [5.41, 5.74) is 1.38. The molecule has 2 aliphatic heterocycles. The molecule has 78 valence electrons. The maximum absolute atomic E-state index is 9.77. The number of hydrogen-bond donors (Lipinski definition) is 1. The molecule has 1 saturated carbocycles. The number of fused-ring (bicyclic) bond motifs is 1. The van der Waals surface area contributed by atoms with Crippen molar-refractivity contribution in [2.24, 2.45) is 5.92 Å². The van der Waals surface area contributed by atoms with Crippen LogP contribution in [0, 0.1) is 5.92 Å². The first-order valence-electron chi connectivity index (χ1n) is 5.68. The first-order valence-corrected chi connectivity index (χ1v) is 5.68. The van der Waals surface area contributed by atoms with Crippen molar-refractivity contribution < 1.29 is 9.84 Å². The van der Waals surface area contributed by atoms with Crippen molar-refractivity contribution in [3.05, 3.63) is 11.6 Å². The van der Waals surface area contributed by atoms with Gasteiger partial charge in [0.25, 0.3) is 0 Å². The molecule has 2 heterocycles. The van der Waals surface area contributed by atoms with Crippen LogP contribution in [0.5, 0.6) is 0 Å². The highest BCUT2D eigenvalue weighted by Gasteiger charge is 2.66. The van der Waals surface area contributed by atoms with Gasteiger partial charge in [0.05, 0.1) is 17.3 Å². The zero-order chi connectivity index (χ0) is 9.97. The highest BCUT2D eigenvalue weighted by atomic mass is 16.6. The van der Waals surface area contributed by atoms with Gasteiger partial charge in [-0.3, -0.25) is 0 Å². The van der Waals surface area contributed by atoms with Gasteiger partial charge in [-0.2, -0.15) is 0 Å². The lowest BCUT2D eigenvalue weighted by molar-refractivity contribution is -0.168. The van der Waals surface area contributed by atoms with E-state index in [1.54, 1.807) is 0 Å². The largest absolute Gasteiger partial charge is 0.389 e. The van der Waals surface area contributed by atoms with Crippen molar-refractivity contribution in [2.45, 2.75) is 56.8 Å². The summed E-state index contributed by atoms with van der Waals surface area (Å²) >= 11 is 0. The fourth-order valence-corrected chi connectivity index (χ4v) is 3.57. The molecular formula is C12H18O2. The lowest BCUT2D eigenvalue weighted by Crippen LogP contribution is -2.55. The Morgan fingerprint density at radius 3 is 2.93 bits per heavy atom. The molecule has 2 bridgehead atoms. The maximum Gasteiger partial charge on any atom is 0.0958 e. The van der Waals surface area contributed by atoms with Gasteiger partial charge in [0.1, 0.15) is 0 Å². The average molecular weight is 194 g/mol. The predicted molar refractivity (Wildman–Crippen MR) is 53.9 cm³/mol. The van der Waals surface area contributed by atoms with Crippen LogP contribution in [-0.2, 0) is 4.74 Å². The summed E-state index contributed by atoms with van der Waals surface area (Å²) in [5, 5.41) is 9.77. The van der Waals surface area contributed by atoms with Crippen LogP contribution in [0.15, 0.2) is 11.6 Å². The van der Waals surface area contributed by atoms with Gasteiger partial charge >= 0.3 is 0 Å². The monoisotopic (exact) mass is 194 g/mol. The topological polar surface area (TPSA) is 29.5 Å². The molecule has 0 aromatic rings. The summed E-state index contributed by atoms with van der Waals surface area (Å²) in [4.78, 5) is 0. The Morgan fingerprint density at radius 2 is 2.21 bits per heavy atom. The van der Waals surface area contributed by atoms with E-state index in [2.05, 4.69) is 19.9 Å². The number of hydrogen-bond acceptors (Lipinski definition) is 2. The molecule has 14 heavy (non-hydrogen) atoms. The molecule has 2 heteroatoms. The summed E-state index contributed by atoms with van der Waals surface area (Å²) in [6.07, 6.45) is 6.10. The van der Waals surface area contributed by atoms with Crippen LogP contribution in [0.25, 0.3) is 0 Å². The van der Waals surface area contributed by atoms with E-state index in [0.717, 1.165) is 25.7 Å². The standard InChI is InChI=1S/C12H18O2/c1-8-3-4-9(13)7-10-11(2)5-6-12(8,10)14-11/h7-9,13H,3-6H2,1-2H3. The third-order valence-electron chi connectivity index (χ3n) is 4.46. The predicted octanol–water partition coefficient (Wildman–Crippen LogP) is 2.03. The Hall–Kier alpha value is -0.340. The Morgan fingerprint density at radius 1 is 1.43 bits per heavy atom. The summed E-state index contributed by atoms with van der Waals surface area (Å²) < 4.78 is 6.09. The Balaban J connectivity index is 2.05. The molecule has 2 aliphatic carbocycles. The second-order valence-electron chi connectivity index (χ2n) is 5.35. The highest BCUT2D eigenvalue weighted by molar-refractivity contribution is 5.42. The van der Waals surface area contributed by atoms with Crippen molar-refractivity contribution in [3.63, 3.8) is 0 Å². The smallest absolute Gasteiger partial charge is 0.0958 e. The molecule has 1 N–H and O–H groups in total. The van der Waals surface area contributed by atoms with E-state index in [4.69, 9.17) is 4.74 Å². The van der Waals surface area contributed by atoms with Crippen molar-refractivity contribution >= 4 is 0 Å². The van der Waals surface area contributed by atoms with Crippen LogP contribution < -0.4 is 0 Å². The normalized spacial score (nSPS) is 55.8. The maximum atomic E-state index is 9.77. The van der Waals surface area contributed by atoms with Gasteiger partial charge in [-0.1, -0.05) is 13.0 Å². The molecule has 4 atom stereocenters. The average Bonchev–Trinajstić information content (AvgIpc) is 2.59. The Bertz CT molecular complexity index is 309. The molecule has 2 saturated heterocycles. The van der Waals surface area contributed by atoms with Crippen LogP contribution in [0.3, 0.4) is 0 Å². The number of aliphatic hydroxyl groups is 1. The van der Waals surface area contributed by atoms with Crippen LogP contribution in [0.2, 0.25) is 0 Å². The number of rotatable bonds is 0. The molecule has 4 unspecified atom stereocenters. The minimum absolute atomic E-state index is 0.0201. The van der Waals surface area contributed by atoms with Gasteiger partial charge in [-0.05, 0) is 44.1 Å². The minimum Gasteiger partial charge on any atom is -0.389 e. The molecule has 3 fully saturated rings. The van der Waals surface area contributed by atoms with E-state index < -0.39 is 0 Å². The third kappa shape index (κ3) is 0.842. The summed E-state index contributed by atoms with van der Waals surface area (Å²) in [7, 11) is 0. The fourth-order valence-electron chi connectivity index (χ4n) is 3.57. The lowest BCUT2D eigenvalue weighted by atomic mass is 9.75. The van der Waals surface area contributed by atoms with Gasteiger partial charge < -0.3 is 9.84 Å². The molecule has 0 amide bonds. The zero-order valence-corrected chi connectivity index (χ0v) is 8.92. The second kappa shape index (κ2) is 2.42. The number of aliphatic hydroxyl groups excluding tert-OH is 1. The quantitative estimate of drug-likeness (QED) is 0.598. The second-order valence-corrected chi connectivity index (χ2v) is 5.35. The molecule has 0 aromatic carbocycles. The Kier molecular flexibility index (Phi) is 1.54.